The monoisotopic (exact) mass is 352 g/mol. The van der Waals surface area contributed by atoms with E-state index >= 15 is 0 Å². The van der Waals surface area contributed by atoms with Gasteiger partial charge in [0.1, 0.15) is 0 Å². The average molecular weight is 353 g/mol. The lowest BCUT2D eigenvalue weighted by atomic mass is 9.88. The molecule has 2 N–H and O–H groups in total. The van der Waals surface area contributed by atoms with E-state index in [0.717, 1.165) is 45.0 Å². The lowest BCUT2D eigenvalue weighted by Crippen LogP contribution is -2.59. The fourth-order valence-electron chi connectivity index (χ4n) is 3.95. The molecule has 0 aromatic rings. The molecule has 0 bridgehead atoms. The highest BCUT2D eigenvalue weighted by molar-refractivity contribution is 5.80. The molecule has 25 heavy (non-hydrogen) atoms. The van der Waals surface area contributed by atoms with Crippen molar-refractivity contribution in [2.24, 2.45) is 10.4 Å². The summed E-state index contributed by atoms with van der Waals surface area (Å²) in [6.45, 7) is 14.3. The Morgan fingerprint density at radius 3 is 2.40 bits per heavy atom. The third-order valence-electron chi connectivity index (χ3n) is 5.72. The van der Waals surface area contributed by atoms with Gasteiger partial charge in [0.05, 0.1) is 0 Å². The van der Waals surface area contributed by atoms with Crippen molar-refractivity contribution in [3.8, 4) is 0 Å². The molecule has 5 nitrogen and oxygen atoms in total. The van der Waals surface area contributed by atoms with E-state index in [1.54, 1.807) is 0 Å². The first-order chi connectivity index (χ1) is 11.8. The summed E-state index contributed by atoms with van der Waals surface area (Å²) < 4.78 is 5.65. The second-order valence-corrected chi connectivity index (χ2v) is 9.10. The van der Waals surface area contributed by atoms with Crippen LogP contribution in [0.4, 0.5) is 0 Å². The molecule has 5 heteroatoms. The minimum Gasteiger partial charge on any atom is -0.381 e. The van der Waals surface area contributed by atoms with E-state index in [1.165, 1.54) is 32.4 Å². The summed E-state index contributed by atoms with van der Waals surface area (Å²) in [6, 6.07) is 0.433. The minimum atomic E-state index is 0.237. The minimum absolute atomic E-state index is 0.237. The largest absolute Gasteiger partial charge is 0.381 e. The number of likely N-dealkylation sites (tertiary alicyclic amines) is 1. The fourth-order valence-corrected chi connectivity index (χ4v) is 3.95. The lowest BCUT2D eigenvalue weighted by molar-refractivity contribution is -0.0164. The highest BCUT2D eigenvalue weighted by Gasteiger charge is 2.39. The second-order valence-electron chi connectivity index (χ2n) is 9.10. The van der Waals surface area contributed by atoms with Crippen LogP contribution in [0.15, 0.2) is 4.99 Å². The van der Waals surface area contributed by atoms with Crippen LogP contribution in [-0.2, 0) is 4.74 Å². The van der Waals surface area contributed by atoms with Gasteiger partial charge in [0.25, 0.3) is 0 Å². The van der Waals surface area contributed by atoms with E-state index in [2.05, 4.69) is 48.2 Å². The molecular weight excluding hydrogens is 312 g/mol. The zero-order valence-corrected chi connectivity index (χ0v) is 17.2. The molecule has 2 aliphatic heterocycles. The van der Waals surface area contributed by atoms with E-state index in [9.17, 15) is 0 Å². The molecule has 0 spiro atoms. The number of nitrogens with zero attached hydrogens (tertiary/aromatic N) is 2. The normalized spacial score (nSPS) is 23.5. The van der Waals surface area contributed by atoms with Gasteiger partial charge in [-0.3, -0.25) is 9.89 Å². The van der Waals surface area contributed by atoms with Crippen molar-refractivity contribution >= 4 is 5.96 Å². The van der Waals surface area contributed by atoms with Gasteiger partial charge in [0.2, 0.25) is 0 Å². The summed E-state index contributed by atoms with van der Waals surface area (Å²) in [4.78, 5) is 7.15. The topological polar surface area (TPSA) is 48.9 Å². The zero-order valence-electron chi connectivity index (χ0n) is 17.2. The molecule has 2 heterocycles. The number of aliphatic imine (C=N–C) groups is 1. The molecule has 1 unspecified atom stereocenters. The van der Waals surface area contributed by atoms with Gasteiger partial charge in [-0.25, -0.2) is 0 Å². The second kappa shape index (κ2) is 9.22. The molecule has 0 aliphatic carbocycles. The van der Waals surface area contributed by atoms with Crippen molar-refractivity contribution in [1.29, 1.82) is 0 Å². The van der Waals surface area contributed by atoms with Gasteiger partial charge in [-0.05, 0) is 64.0 Å². The number of hydrogen-bond acceptors (Lipinski definition) is 3. The number of guanidine groups is 1. The Hall–Kier alpha value is -0.810. The van der Waals surface area contributed by atoms with Gasteiger partial charge in [0, 0.05) is 38.4 Å². The summed E-state index contributed by atoms with van der Waals surface area (Å²) in [7, 11) is 1.87. The van der Waals surface area contributed by atoms with Crippen molar-refractivity contribution in [1.82, 2.24) is 15.5 Å². The van der Waals surface area contributed by atoms with Gasteiger partial charge in [0.15, 0.2) is 5.96 Å². The molecule has 146 valence electrons. The summed E-state index contributed by atoms with van der Waals surface area (Å²) in [6.07, 6.45) is 7.29. The van der Waals surface area contributed by atoms with Crippen LogP contribution in [0, 0.1) is 5.41 Å². The maximum absolute atomic E-state index is 5.65. The first-order valence-electron chi connectivity index (χ1n) is 10.1. The third-order valence-corrected chi connectivity index (χ3v) is 5.72. The SMILES string of the molecule is CN=C(NCC1(N2CCCC2)CCOCC1)NC(C)CCC(C)(C)C. The van der Waals surface area contributed by atoms with E-state index < -0.39 is 0 Å². The molecule has 2 fully saturated rings. The first-order valence-corrected chi connectivity index (χ1v) is 10.1. The number of hydrogen-bond donors (Lipinski definition) is 2. The smallest absolute Gasteiger partial charge is 0.191 e. The summed E-state index contributed by atoms with van der Waals surface area (Å²) in [5.74, 6) is 0.937. The highest BCUT2D eigenvalue weighted by atomic mass is 16.5. The molecule has 2 saturated heterocycles. The molecule has 0 aromatic carbocycles. The van der Waals surface area contributed by atoms with Crippen molar-refractivity contribution < 1.29 is 4.74 Å². The lowest BCUT2D eigenvalue weighted by Gasteiger charge is -2.45. The fraction of sp³-hybridized carbons (Fsp3) is 0.950. The van der Waals surface area contributed by atoms with Crippen molar-refractivity contribution in [3.05, 3.63) is 0 Å². The molecular formula is C20H40N4O. The van der Waals surface area contributed by atoms with E-state index in [-0.39, 0.29) is 5.54 Å². The van der Waals surface area contributed by atoms with Gasteiger partial charge in [-0.1, -0.05) is 20.8 Å². The Labute approximate surface area is 155 Å². The van der Waals surface area contributed by atoms with Crippen LogP contribution in [0.2, 0.25) is 0 Å². The Bertz CT molecular complexity index is 418. The average Bonchev–Trinajstić information content (AvgIpc) is 3.12. The molecule has 2 aliphatic rings. The zero-order chi connectivity index (χ0) is 18.3. The van der Waals surface area contributed by atoms with E-state index in [4.69, 9.17) is 4.74 Å². The Morgan fingerprint density at radius 2 is 1.84 bits per heavy atom. The van der Waals surface area contributed by atoms with E-state index in [0.29, 0.717) is 11.5 Å². The van der Waals surface area contributed by atoms with Crippen LogP contribution in [0.1, 0.15) is 66.2 Å². The van der Waals surface area contributed by atoms with Crippen LogP contribution in [0.25, 0.3) is 0 Å². The van der Waals surface area contributed by atoms with Crippen molar-refractivity contribution in [3.63, 3.8) is 0 Å². The van der Waals surface area contributed by atoms with Gasteiger partial charge in [-0.2, -0.15) is 0 Å². The van der Waals surface area contributed by atoms with Crippen molar-refractivity contribution in [2.45, 2.75) is 77.8 Å². The predicted octanol–water partition coefficient (Wildman–Crippen LogP) is 3.01. The van der Waals surface area contributed by atoms with Crippen LogP contribution >= 0.6 is 0 Å². The maximum atomic E-state index is 5.65. The molecule has 0 saturated carbocycles. The third kappa shape index (κ3) is 6.45. The number of rotatable bonds is 6. The van der Waals surface area contributed by atoms with Crippen molar-refractivity contribution in [2.75, 3.05) is 39.9 Å². The Morgan fingerprint density at radius 1 is 1.20 bits per heavy atom. The highest BCUT2D eigenvalue weighted by Crippen LogP contribution is 2.30. The summed E-state index contributed by atoms with van der Waals surface area (Å²) in [5.41, 5.74) is 0.621. The van der Waals surface area contributed by atoms with Gasteiger partial charge < -0.3 is 15.4 Å². The molecule has 1 atom stereocenters. The van der Waals surface area contributed by atoms with Crippen LogP contribution in [-0.4, -0.2) is 62.3 Å². The van der Waals surface area contributed by atoms with Gasteiger partial charge >= 0.3 is 0 Å². The summed E-state index contributed by atoms with van der Waals surface area (Å²) in [5, 5.41) is 7.20. The molecule has 2 rings (SSSR count). The Balaban J connectivity index is 1.87. The standard InChI is InChI=1S/C20H40N4O/c1-17(8-9-19(2,3)4)23-18(21-5)22-16-20(10-14-25-15-11-20)24-12-6-7-13-24/h17H,6-16H2,1-5H3,(H2,21,22,23). The van der Waals surface area contributed by atoms with Crippen LogP contribution in [0.3, 0.4) is 0 Å². The quantitative estimate of drug-likeness (QED) is 0.570. The maximum Gasteiger partial charge on any atom is 0.191 e. The number of nitrogens with one attached hydrogen (secondary N) is 2. The van der Waals surface area contributed by atoms with Gasteiger partial charge in [-0.15, -0.1) is 0 Å². The van der Waals surface area contributed by atoms with Crippen LogP contribution < -0.4 is 10.6 Å². The van der Waals surface area contributed by atoms with Crippen LogP contribution in [0.5, 0.6) is 0 Å². The molecule has 0 radical (unpaired) electrons. The molecule has 0 amide bonds. The predicted molar refractivity (Wildman–Crippen MR) is 106 cm³/mol. The van der Waals surface area contributed by atoms with E-state index in [1.807, 2.05) is 7.05 Å². The first kappa shape index (κ1) is 20.5. The molecule has 0 aromatic heterocycles. The number of ether oxygens (including phenoxy) is 1. The Kier molecular flexibility index (Phi) is 7.56. The summed E-state index contributed by atoms with van der Waals surface area (Å²) >= 11 is 0.